The zero-order valence-electron chi connectivity index (χ0n) is 14.6. The second-order valence-corrected chi connectivity index (χ2v) is 8.31. The fraction of sp³-hybridized carbons (Fsp3) is 0.706. The van der Waals surface area contributed by atoms with Gasteiger partial charge in [0.25, 0.3) is 0 Å². The monoisotopic (exact) mass is 352 g/mol. The van der Waals surface area contributed by atoms with Gasteiger partial charge < -0.3 is 9.64 Å². The summed E-state index contributed by atoms with van der Waals surface area (Å²) in [6.45, 7) is 10.3. The van der Waals surface area contributed by atoms with Crippen LogP contribution in [-0.2, 0) is 11.3 Å². The molecular formula is C17H25ClN4O2. The van der Waals surface area contributed by atoms with Crippen LogP contribution in [0.1, 0.15) is 39.2 Å². The summed E-state index contributed by atoms with van der Waals surface area (Å²) in [5, 5.41) is 0.286. The minimum Gasteiger partial charge on any atom is -0.444 e. The average Bonchev–Trinajstić information content (AvgIpc) is 2.47. The van der Waals surface area contributed by atoms with Crippen molar-refractivity contribution in [2.45, 2.75) is 45.8 Å². The number of hydrogen-bond acceptors (Lipinski definition) is 5. The van der Waals surface area contributed by atoms with E-state index in [1.807, 2.05) is 25.7 Å². The maximum Gasteiger partial charge on any atom is 0.410 e. The Hall–Kier alpha value is -1.40. The molecule has 7 heteroatoms. The van der Waals surface area contributed by atoms with Crippen molar-refractivity contribution in [3.63, 3.8) is 0 Å². The summed E-state index contributed by atoms with van der Waals surface area (Å²) in [5.74, 6) is 0. The molecule has 0 bridgehead atoms. The van der Waals surface area contributed by atoms with Crippen molar-refractivity contribution in [1.82, 2.24) is 19.8 Å². The molecule has 2 fully saturated rings. The molecule has 3 heterocycles. The van der Waals surface area contributed by atoms with Gasteiger partial charge in [-0.05, 0) is 50.6 Å². The van der Waals surface area contributed by atoms with Gasteiger partial charge in [0.2, 0.25) is 5.28 Å². The van der Waals surface area contributed by atoms with E-state index in [2.05, 4.69) is 14.9 Å². The molecule has 1 spiro atoms. The van der Waals surface area contributed by atoms with E-state index in [-0.39, 0.29) is 11.4 Å². The number of likely N-dealkylation sites (tertiary alicyclic amines) is 2. The normalized spacial score (nSPS) is 20.8. The van der Waals surface area contributed by atoms with E-state index in [4.69, 9.17) is 16.3 Å². The molecule has 1 amide bonds. The summed E-state index contributed by atoms with van der Waals surface area (Å²) in [4.78, 5) is 24.4. The van der Waals surface area contributed by atoms with Gasteiger partial charge in [-0.1, -0.05) is 0 Å². The van der Waals surface area contributed by atoms with Crippen molar-refractivity contribution in [3.8, 4) is 0 Å². The van der Waals surface area contributed by atoms with Crippen molar-refractivity contribution in [2.24, 2.45) is 5.41 Å². The predicted molar refractivity (Wildman–Crippen MR) is 91.8 cm³/mol. The summed E-state index contributed by atoms with van der Waals surface area (Å²) in [7, 11) is 0. The van der Waals surface area contributed by atoms with E-state index < -0.39 is 5.60 Å². The molecule has 0 aromatic carbocycles. The minimum atomic E-state index is -0.430. The highest BCUT2D eigenvalue weighted by atomic mass is 35.5. The molecule has 6 nitrogen and oxygen atoms in total. The number of rotatable bonds is 2. The van der Waals surface area contributed by atoms with Crippen LogP contribution >= 0.6 is 11.6 Å². The number of aromatic nitrogens is 2. The molecule has 0 radical (unpaired) electrons. The van der Waals surface area contributed by atoms with Crippen molar-refractivity contribution >= 4 is 17.7 Å². The molecule has 2 saturated heterocycles. The number of carbonyl (C=O) groups is 1. The zero-order valence-corrected chi connectivity index (χ0v) is 15.3. The van der Waals surface area contributed by atoms with E-state index in [1.54, 1.807) is 12.4 Å². The van der Waals surface area contributed by atoms with Crippen LogP contribution in [0.25, 0.3) is 0 Å². The van der Waals surface area contributed by atoms with Crippen LogP contribution in [0.5, 0.6) is 0 Å². The first-order valence-corrected chi connectivity index (χ1v) is 8.79. The van der Waals surface area contributed by atoms with Crippen LogP contribution in [0.4, 0.5) is 4.79 Å². The topological polar surface area (TPSA) is 58.6 Å². The molecule has 0 aliphatic carbocycles. The molecule has 24 heavy (non-hydrogen) atoms. The van der Waals surface area contributed by atoms with Crippen LogP contribution in [0, 0.1) is 5.41 Å². The summed E-state index contributed by atoms with van der Waals surface area (Å²) in [6, 6.07) is 0. The van der Waals surface area contributed by atoms with Crippen LogP contribution in [0.3, 0.4) is 0 Å². The zero-order chi connectivity index (χ0) is 17.4. The first-order valence-electron chi connectivity index (χ1n) is 8.41. The van der Waals surface area contributed by atoms with E-state index in [0.29, 0.717) is 5.41 Å². The molecule has 3 rings (SSSR count). The molecular weight excluding hydrogens is 328 g/mol. The Balaban J connectivity index is 1.45. The number of hydrogen-bond donors (Lipinski definition) is 0. The number of carbonyl (C=O) groups excluding carboxylic acids is 1. The lowest BCUT2D eigenvalue weighted by Crippen LogP contribution is -2.60. The Kier molecular flexibility index (Phi) is 4.71. The average molecular weight is 353 g/mol. The highest BCUT2D eigenvalue weighted by molar-refractivity contribution is 6.28. The Morgan fingerprint density at radius 1 is 1.25 bits per heavy atom. The highest BCUT2D eigenvalue weighted by Gasteiger charge is 2.45. The summed E-state index contributed by atoms with van der Waals surface area (Å²) >= 11 is 5.71. The SMILES string of the molecule is CC(C)(C)OC(=O)N1CCC2(CC1)CN(Cc1cnc(Cl)nc1)C2. The van der Waals surface area contributed by atoms with Gasteiger partial charge >= 0.3 is 6.09 Å². The third-order valence-corrected chi connectivity index (χ3v) is 4.87. The lowest BCUT2D eigenvalue weighted by Gasteiger charge is -2.54. The summed E-state index contributed by atoms with van der Waals surface area (Å²) in [5.41, 5.74) is 1.01. The first kappa shape index (κ1) is 17.4. The smallest absolute Gasteiger partial charge is 0.410 e. The molecule has 1 aromatic heterocycles. The fourth-order valence-corrected chi connectivity index (χ4v) is 3.60. The third kappa shape index (κ3) is 4.16. The number of piperidine rings is 1. The molecule has 2 aliphatic rings. The van der Waals surface area contributed by atoms with Crippen molar-refractivity contribution in [1.29, 1.82) is 0 Å². The number of amides is 1. The van der Waals surface area contributed by atoms with Gasteiger partial charge in [-0.2, -0.15) is 0 Å². The third-order valence-electron chi connectivity index (χ3n) is 4.67. The molecule has 1 aromatic rings. The molecule has 0 N–H and O–H groups in total. The standard InChI is InChI=1S/C17H25ClN4O2/c1-16(2,3)24-15(23)22-6-4-17(5-7-22)11-21(12-17)10-13-8-19-14(18)20-9-13/h8-9H,4-7,10-12H2,1-3H3. The van der Waals surface area contributed by atoms with Crippen LogP contribution in [-0.4, -0.2) is 57.6 Å². The van der Waals surface area contributed by atoms with Crippen LogP contribution < -0.4 is 0 Å². The second kappa shape index (κ2) is 6.48. The van der Waals surface area contributed by atoms with Crippen molar-refractivity contribution in [2.75, 3.05) is 26.2 Å². The maximum atomic E-state index is 12.1. The van der Waals surface area contributed by atoms with E-state index in [9.17, 15) is 4.79 Å². The number of nitrogens with zero attached hydrogens (tertiary/aromatic N) is 4. The van der Waals surface area contributed by atoms with Gasteiger partial charge in [0, 0.05) is 50.7 Å². The first-order chi connectivity index (χ1) is 11.2. The van der Waals surface area contributed by atoms with Gasteiger partial charge in [-0.3, -0.25) is 4.90 Å². The molecule has 0 unspecified atom stereocenters. The minimum absolute atomic E-state index is 0.188. The molecule has 0 atom stereocenters. The second-order valence-electron chi connectivity index (χ2n) is 7.97. The Bertz CT molecular complexity index is 584. The van der Waals surface area contributed by atoms with E-state index >= 15 is 0 Å². The largest absolute Gasteiger partial charge is 0.444 e. The molecule has 2 aliphatic heterocycles. The Morgan fingerprint density at radius 2 is 1.83 bits per heavy atom. The highest BCUT2D eigenvalue weighted by Crippen LogP contribution is 2.41. The van der Waals surface area contributed by atoms with Gasteiger partial charge in [-0.15, -0.1) is 0 Å². The van der Waals surface area contributed by atoms with E-state index in [0.717, 1.165) is 51.1 Å². The van der Waals surface area contributed by atoms with Gasteiger partial charge in [0.1, 0.15) is 5.60 Å². The lowest BCUT2D eigenvalue weighted by atomic mass is 9.72. The number of halogens is 1. The quantitative estimate of drug-likeness (QED) is 0.766. The summed E-state index contributed by atoms with van der Waals surface area (Å²) in [6.07, 6.45) is 5.46. The van der Waals surface area contributed by atoms with Crippen LogP contribution in [0.15, 0.2) is 12.4 Å². The molecule has 132 valence electrons. The van der Waals surface area contributed by atoms with E-state index in [1.165, 1.54) is 0 Å². The lowest BCUT2D eigenvalue weighted by molar-refractivity contribution is -0.0551. The number of ether oxygens (including phenoxy) is 1. The Morgan fingerprint density at radius 3 is 2.38 bits per heavy atom. The van der Waals surface area contributed by atoms with Crippen molar-refractivity contribution in [3.05, 3.63) is 23.2 Å². The Labute approximate surface area is 148 Å². The summed E-state index contributed by atoms with van der Waals surface area (Å²) < 4.78 is 5.46. The van der Waals surface area contributed by atoms with Gasteiger partial charge in [0.15, 0.2) is 0 Å². The van der Waals surface area contributed by atoms with Gasteiger partial charge in [0.05, 0.1) is 0 Å². The van der Waals surface area contributed by atoms with Gasteiger partial charge in [-0.25, -0.2) is 14.8 Å². The van der Waals surface area contributed by atoms with Crippen molar-refractivity contribution < 1.29 is 9.53 Å². The maximum absolute atomic E-state index is 12.1. The molecule has 0 saturated carbocycles. The predicted octanol–water partition coefficient (Wildman–Crippen LogP) is 2.96. The fourth-order valence-electron chi connectivity index (χ4n) is 3.50. The van der Waals surface area contributed by atoms with Crippen LogP contribution in [0.2, 0.25) is 5.28 Å².